The van der Waals surface area contributed by atoms with Crippen molar-refractivity contribution in [1.82, 2.24) is 4.57 Å². The van der Waals surface area contributed by atoms with E-state index in [4.69, 9.17) is 0 Å². The predicted molar refractivity (Wildman–Crippen MR) is 292 cm³/mol. The van der Waals surface area contributed by atoms with Gasteiger partial charge in [0.15, 0.2) is 0 Å². The van der Waals surface area contributed by atoms with Crippen molar-refractivity contribution >= 4 is 66.7 Å². The van der Waals surface area contributed by atoms with Gasteiger partial charge in [0.25, 0.3) is 0 Å². The second kappa shape index (κ2) is 16.3. The Morgan fingerprint density at radius 3 is 1.40 bits per heavy atom. The summed E-state index contributed by atoms with van der Waals surface area (Å²) in [7, 11) is 0. The van der Waals surface area contributed by atoms with Crippen molar-refractivity contribution in [3.63, 3.8) is 0 Å². The Hall–Kier alpha value is -9.17. The van der Waals surface area contributed by atoms with E-state index < -0.39 is 0 Å². The van der Waals surface area contributed by atoms with Crippen LogP contribution in [-0.2, 0) is 5.41 Å². The molecule has 1 aromatic heterocycles. The summed E-state index contributed by atoms with van der Waals surface area (Å²) in [6, 6.07) is 89.7. The van der Waals surface area contributed by atoms with Crippen LogP contribution in [0.5, 0.6) is 0 Å². The van der Waals surface area contributed by atoms with Crippen molar-refractivity contribution in [3.05, 3.63) is 259 Å². The number of rotatable bonds is 9. The first-order chi connectivity index (χ1) is 34.4. The van der Waals surface area contributed by atoms with Crippen LogP contribution in [0.15, 0.2) is 243 Å². The van der Waals surface area contributed by atoms with Gasteiger partial charge >= 0.3 is 0 Å². The van der Waals surface area contributed by atoms with E-state index >= 15 is 0 Å². The molecule has 0 aliphatic heterocycles. The van der Waals surface area contributed by atoms with Gasteiger partial charge in [-0.2, -0.15) is 5.26 Å². The summed E-state index contributed by atoms with van der Waals surface area (Å²) >= 11 is 0. The summed E-state index contributed by atoms with van der Waals surface area (Å²) in [6.45, 7) is 4.71. The molecule has 4 heteroatoms. The largest absolute Gasteiger partial charge is 0.310 e. The van der Waals surface area contributed by atoms with Crippen LogP contribution in [-0.4, -0.2) is 4.57 Å². The zero-order valence-electron chi connectivity index (χ0n) is 38.9. The molecule has 0 spiro atoms. The van der Waals surface area contributed by atoms with E-state index in [1.807, 2.05) is 12.1 Å². The van der Waals surface area contributed by atoms with Gasteiger partial charge in [0, 0.05) is 55.4 Å². The van der Waals surface area contributed by atoms with Crippen molar-refractivity contribution in [2.24, 2.45) is 0 Å². The molecule has 13 rings (SSSR count). The highest BCUT2D eigenvalue weighted by Crippen LogP contribution is 2.53. The lowest BCUT2D eigenvalue weighted by atomic mass is 9.82. The van der Waals surface area contributed by atoms with Gasteiger partial charge in [-0.15, -0.1) is 0 Å². The van der Waals surface area contributed by atoms with Crippen LogP contribution in [0.4, 0.5) is 34.1 Å². The van der Waals surface area contributed by atoms with Crippen LogP contribution in [0.25, 0.3) is 71.6 Å². The number of fused-ring (bicyclic) bond motifs is 3. The van der Waals surface area contributed by atoms with E-state index in [1.165, 1.54) is 49.7 Å². The van der Waals surface area contributed by atoms with Crippen molar-refractivity contribution in [1.29, 1.82) is 5.26 Å². The van der Waals surface area contributed by atoms with Gasteiger partial charge < -0.3 is 14.4 Å². The average molecular weight is 895 g/mol. The first-order valence-electron chi connectivity index (χ1n) is 24.0. The number of nitriles is 1. The zero-order valence-corrected chi connectivity index (χ0v) is 38.9. The minimum absolute atomic E-state index is 0.153. The quantitative estimate of drug-likeness (QED) is 0.135. The highest BCUT2D eigenvalue weighted by Gasteiger charge is 2.36. The summed E-state index contributed by atoms with van der Waals surface area (Å²) < 4.78 is 2.44. The third-order valence-corrected chi connectivity index (χ3v) is 14.6. The summed E-state index contributed by atoms with van der Waals surface area (Å²) in [6.07, 6.45) is 0. The molecule has 0 unspecified atom stereocenters. The van der Waals surface area contributed by atoms with Crippen LogP contribution in [0.1, 0.15) is 30.5 Å². The molecule has 0 saturated heterocycles. The minimum Gasteiger partial charge on any atom is -0.310 e. The van der Waals surface area contributed by atoms with E-state index in [9.17, 15) is 5.26 Å². The third kappa shape index (κ3) is 6.51. The minimum atomic E-state index is -0.153. The van der Waals surface area contributed by atoms with Gasteiger partial charge in [0.1, 0.15) is 0 Å². The normalized spacial score (nSPS) is 12.5. The van der Waals surface area contributed by atoms with Gasteiger partial charge in [-0.3, -0.25) is 0 Å². The van der Waals surface area contributed by atoms with Crippen LogP contribution < -0.4 is 9.80 Å². The SMILES string of the molecule is CC1(C)c2ccccc2-c2ccc(N(c3ccccc3)c3ccc4c5c3ccc3c(N(c6ccc(C#N)cc6)c6ccc(-c7ccccc7)cc6)ccc(c35)n4-c3ccc(-c4ccccc4)cc3)cc21. The predicted octanol–water partition coefficient (Wildman–Crippen LogP) is 17.8. The van der Waals surface area contributed by atoms with E-state index in [2.05, 4.69) is 265 Å². The molecular weight excluding hydrogens is 849 g/mol. The summed E-state index contributed by atoms with van der Waals surface area (Å²) in [5.41, 5.74) is 20.2. The smallest absolute Gasteiger partial charge is 0.0991 e. The van der Waals surface area contributed by atoms with Crippen LogP contribution >= 0.6 is 0 Å². The molecule has 1 aliphatic carbocycles. The molecule has 70 heavy (non-hydrogen) atoms. The van der Waals surface area contributed by atoms with Crippen molar-refractivity contribution < 1.29 is 0 Å². The summed E-state index contributed by atoms with van der Waals surface area (Å²) in [4.78, 5) is 4.78. The molecule has 0 bridgehead atoms. The maximum Gasteiger partial charge on any atom is 0.0991 e. The van der Waals surface area contributed by atoms with Gasteiger partial charge in [-0.25, -0.2) is 0 Å². The molecule has 1 aliphatic rings. The number of aromatic nitrogens is 1. The van der Waals surface area contributed by atoms with E-state index in [0.29, 0.717) is 5.56 Å². The second-order valence-corrected chi connectivity index (χ2v) is 18.8. The monoisotopic (exact) mass is 894 g/mol. The lowest BCUT2D eigenvalue weighted by Gasteiger charge is -2.29. The number of hydrogen-bond acceptors (Lipinski definition) is 3. The highest BCUT2D eigenvalue weighted by molar-refractivity contribution is 6.29. The molecule has 1 heterocycles. The lowest BCUT2D eigenvalue weighted by Crippen LogP contribution is -2.16. The molecule has 0 amide bonds. The fourth-order valence-corrected chi connectivity index (χ4v) is 11.2. The van der Waals surface area contributed by atoms with Crippen molar-refractivity contribution in [2.45, 2.75) is 19.3 Å². The maximum absolute atomic E-state index is 9.85. The standard InChI is InChI=1S/C66H46N4/c1-66(2)58-21-13-12-20-54(58)55-35-34-53(42-59(55)66)69(49-18-10-5-11-19-49)61-39-41-63-65-57(61)37-36-56-60(38-40-62(64(56)65)70(63)52-32-26-48(27-33-52)46-16-8-4-9-17-46)68(50-28-22-44(43-67)23-29-50)51-30-24-47(25-31-51)45-14-6-3-7-15-45/h3-42H,1-2H3. The molecule has 0 radical (unpaired) electrons. The summed E-state index contributed by atoms with van der Waals surface area (Å²) in [5, 5.41) is 14.5. The molecule has 0 N–H and O–H groups in total. The number of para-hydroxylation sites is 1. The Balaban J connectivity index is 1.05. The van der Waals surface area contributed by atoms with Gasteiger partial charge in [0.2, 0.25) is 0 Å². The van der Waals surface area contributed by atoms with Crippen LogP contribution in [0.2, 0.25) is 0 Å². The van der Waals surface area contributed by atoms with Crippen LogP contribution in [0, 0.1) is 11.3 Å². The van der Waals surface area contributed by atoms with Crippen molar-refractivity contribution in [3.8, 4) is 45.1 Å². The Bertz CT molecular complexity index is 3940. The maximum atomic E-state index is 9.85. The molecule has 4 nitrogen and oxygen atoms in total. The van der Waals surface area contributed by atoms with E-state index in [-0.39, 0.29) is 5.41 Å². The summed E-state index contributed by atoms with van der Waals surface area (Å²) in [5.74, 6) is 0. The number of hydrogen-bond donors (Lipinski definition) is 0. The molecule has 330 valence electrons. The molecule has 0 saturated carbocycles. The molecule has 0 atom stereocenters. The number of anilines is 6. The van der Waals surface area contributed by atoms with Gasteiger partial charge in [-0.1, -0.05) is 159 Å². The molecular formula is C66H46N4. The van der Waals surface area contributed by atoms with Crippen molar-refractivity contribution in [2.75, 3.05) is 9.80 Å². The highest BCUT2D eigenvalue weighted by atomic mass is 15.2. The fourth-order valence-electron chi connectivity index (χ4n) is 11.2. The van der Waals surface area contributed by atoms with Gasteiger partial charge in [-0.05, 0) is 142 Å². The Morgan fingerprint density at radius 2 is 0.829 bits per heavy atom. The topological polar surface area (TPSA) is 35.2 Å². The second-order valence-electron chi connectivity index (χ2n) is 18.8. The first kappa shape index (κ1) is 41.1. The molecule has 12 aromatic rings. The van der Waals surface area contributed by atoms with E-state index in [0.717, 1.165) is 67.2 Å². The third-order valence-electron chi connectivity index (χ3n) is 14.6. The zero-order chi connectivity index (χ0) is 46.9. The number of nitrogens with zero attached hydrogens (tertiary/aromatic N) is 4. The Morgan fingerprint density at radius 1 is 0.386 bits per heavy atom. The number of benzene rings is 11. The average Bonchev–Trinajstić information content (AvgIpc) is 3.88. The molecule has 0 fully saturated rings. The Labute approximate surface area is 408 Å². The van der Waals surface area contributed by atoms with E-state index in [1.54, 1.807) is 0 Å². The first-order valence-corrected chi connectivity index (χ1v) is 24.0. The Kier molecular flexibility index (Phi) is 9.54. The van der Waals surface area contributed by atoms with Gasteiger partial charge in [0.05, 0.1) is 34.0 Å². The lowest BCUT2D eigenvalue weighted by molar-refractivity contribution is 0.660. The fraction of sp³-hybridized carbons (Fsp3) is 0.0455. The molecule has 11 aromatic carbocycles. The van der Waals surface area contributed by atoms with Crippen LogP contribution in [0.3, 0.4) is 0 Å².